The molecule has 5 nitrogen and oxygen atoms in total. The van der Waals surface area contributed by atoms with Crippen molar-refractivity contribution in [3.63, 3.8) is 0 Å². The fraction of sp³-hybridized carbons (Fsp3) is 0. The van der Waals surface area contributed by atoms with E-state index in [4.69, 9.17) is 0 Å². The Morgan fingerprint density at radius 2 is 0.885 bits per heavy atom. The van der Waals surface area contributed by atoms with E-state index in [0.717, 1.165) is 77.8 Å². The number of para-hydroxylation sites is 5. The molecule has 12 aromatic rings. The molecule has 0 amide bonds. The standard InChI is InChI=1S/C56H33N5/c57-34-36-13-12-14-37(29-36)38-25-26-39(35-58)49(32-38)40-30-42(59-50-21-8-4-17-44(50)45-18-5-9-22-51(45)59)33-43(31-40)60-53-24-11-7-20-48(53)55-54(60)28-27-47-46-19-6-10-23-52(46)61(56(47)55)41-15-2-1-3-16-41/h1-33H. The van der Waals surface area contributed by atoms with E-state index < -0.39 is 0 Å². The van der Waals surface area contributed by atoms with Gasteiger partial charge in [0.2, 0.25) is 0 Å². The van der Waals surface area contributed by atoms with Gasteiger partial charge in [0.1, 0.15) is 0 Å². The largest absolute Gasteiger partial charge is 0.309 e. The number of hydrogen-bond donors (Lipinski definition) is 0. The van der Waals surface area contributed by atoms with Crippen molar-refractivity contribution < 1.29 is 0 Å². The summed E-state index contributed by atoms with van der Waals surface area (Å²) in [7, 11) is 0. The second-order valence-corrected chi connectivity index (χ2v) is 15.6. The summed E-state index contributed by atoms with van der Waals surface area (Å²) in [5, 5.41) is 27.5. The molecule has 0 bridgehead atoms. The monoisotopic (exact) mass is 775 g/mol. The number of nitriles is 2. The highest BCUT2D eigenvalue weighted by Crippen LogP contribution is 2.44. The number of hydrogen-bond acceptors (Lipinski definition) is 2. The third-order valence-electron chi connectivity index (χ3n) is 12.3. The van der Waals surface area contributed by atoms with Crippen molar-refractivity contribution in [3.05, 3.63) is 211 Å². The van der Waals surface area contributed by atoms with Crippen molar-refractivity contribution in [2.45, 2.75) is 0 Å². The number of nitrogens with zero attached hydrogens (tertiary/aromatic N) is 5. The third-order valence-corrected chi connectivity index (χ3v) is 12.3. The molecule has 282 valence electrons. The van der Waals surface area contributed by atoms with Gasteiger partial charge >= 0.3 is 0 Å². The quantitative estimate of drug-likeness (QED) is 0.175. The van der Waals surface area contributed by atoms with Crippen LogP contribution in [-0.4, -0.2) is 13.7 Å². The van der Waals surface area contributed by atoms with Crippen molar-refractivity contribution >= 4 is 65.4 Å². The molecule has 12 rings (SSSR count). The first-order valence-electron chi connectivity index (χ1n) is 20.4. The van der Waals surface area contributed by atoms with Crippen LogP contribution in [0.3, 0.4) is 0 Å². The molecule has 9 aromatic carbocycles. The van der Waals surface area contributed by atoms with Crippen LogP contribution in [-0.2, 0) is 0 Å². The summed E-state index contributed by atoms with van der Waals surface area (Å²) in [6, 6.07) is 74.8. The molecule has 0 saturated carbocycles. The van der Waals surface area contributed by atoms with Gasteiger partial charge in [0.05, 0.1) is 56.4 Å². The Labute approximate surface area is 351 Å². The van der Waals surface area contributed by atoms with Crippen LogP contribution in [0.4, 0.5) is 0 Å². The van der Waals surface area contributed by atoms with Crippen LogP contribution >= 0.6 is 0 Å². The van der Waals surface area contributed by atoms with Crippen molar-refractivity contribution in [2.24, 2.45) is 0 Å². The molecule has 0 saturated heterocycles. The van der Waals surface area contributed by atoms with E-state index in [1.54, 1.807) is 0 Å². The van der Waals surface area contributed by atoms with Crippen molar-refractivity contribution in [1.82, 2.24) is 13.7 Å². The topological polar surface area (TPSA) is 62.4 Å². The second-order valence-electron chi connectivity index (χ2n) is 15.6. The number of aromatic nitrogens is 3. The van der Waals surface area contributed by atoms with Crippen LogP contribution in [0.5, 0.6) is 0 Å². The lowest BCUT2D eigenvalue weighted by molar-refractivity contribution is 1.13. The molecule has 0 radical (unpaired) electrons. The molecule has 0 N–H and O–H groups in total. The molecular weight excluding hydrogens is 743 g/mol. The molecule has 0 spiro atoms. The Bertz CT molecular complexity index is 3790. The third kappa shape index (κ3) is 5.18. The van der Waals surface area contributed by atoms with Gasteiger partial charge in [-0.2, -0.15) is 10.5 Å². The maximum absolute atomic E-state index is 10.7. The molecule has 61 heavy (non-hydrogen) atoms. The summed E-state index contributed by atoms with van der Waals surface area (Å²) in [4.78, 5) is 0. The Balaban J connectivity index is 1.21. The van der Waals surface area contributed by atoms with E-state index in [1.165, 1.54) is 26.9 Å². The molecular formula is C56H33N5. The van der Waals surface area contributed by atoms with E-state index in [1.807, 2.05) is 36.4 Å². The Morgan fingerprint density at radius 1 is 0.328 bits per heavy atom. The number of rotatable bonds is 5. The van der Waals surface area contributed by atoms with Gasteiger partial charge in [-0.3, -0.25) is 0 Å². The lowest BCUT2D eigenvalue weighted by atomic mass is 9.94. The zero-order chi connectivity index (χ0) is 40.6. The van der Waals surface area contributed by atoms with E-state index in [9.17, 15) is 10.5 Å². The van der Waals surface area contributed by atoms with Crippen molar-refractivity contribution in [3.8, 4) is 51.5 Å². The average Bonchev–Trinajstić information content (AvgIpc) is 3.97. The van der Waals surface area contributed by atoms with Crippen LogP contribution in [0.1, 0.15) is 11.1 Å². The zero-order valence-corrected chi connectivity index (χ0v) is 32.8. The van der Waals surface area contributed by atoms with E-state index in [0.29, 0.717) is 11.1 Å². The van der Waals surface area contributed by atoms with Gasteiger partial charge in [-0.05, 0) is 102 Å². The summed E-state index contributed by atoms with van der Waals surface area (Å²) in [6.07, 6.45) is 0. The molecule has 3 heterocycles. The maximum atomic E-state index is 10.7. The van der Waals surface area contributed by atoms with Crippen LogP contribution in [0, 0.1) is 22.7 Å². The summed E-state index contributed by atoms with van der Waals surface area (Å²) < 4.78 is 7.16. The molecule has 0 atom stereocenters. The smallest absolute Gasteiger partial charge is 0.0998 e. The predicted octanol–water partition coefficient (Wildman–Crippen LogP) is 14.1. The average molecular weight is 776 g/mol. The minimum absolute atomic E-state index is 0.571. The molecule has 0 aliphatic carbocycles. The van der Waals surface area contributed by atoms with Gasteiger partial charge in [-0.15, -0.1) is 0 Å². The van der Waals surface area contributed by atoms with Crippen LogP contribution in [0.15, 0.2) is 200 Å². The van der Waals surface area contributed by atoms with Gasteiger partial charge in [-0.25, -0.2) is 0 Å². The fourth-order valence-corrected chi connectivity index (χ4v) is 9.67. The van der Waals surface area contributed by atoms with Gasteiger partial charge in [0, 0.05) is 54.9 Å². The van der Waals surface area contributed by atoms with Crippen molar-refractivity contribution in [2.75, 3.05) is 0 Å². The minimum Gasteiger partial charge on any atom is -0.309 e. The zero-order valence-electron chi connectivity index (χ0n) is 32.8. The number of fused-ring (bicyclic) bond motifs is 10. The highest BCUT2D eigenvalue weighted by atomic mass is 15.0. The Morgan fingerprint density at radius 3 is 1.54 bits per heavy atom. The molecule has 0 aliphatic rings. The summed E-state index contributed by atoms with van der Waals surface area (Å²) in [5.74, 6) is 0. The van der Waals surface area contributed by atoms with Gasteiger partial charge in [0.15, 0.2) is 0 Å². The fourth-order valence-electron chi connectivity index (χ4n) is 9.67. The first-order chi connectivity index (χ1) is 30.2. The van der Waals surface area contributed by atoms with E-state index >= 15 is 0 Å². The molecule has 0 unspecified atom stereocenters. The molecule has 5 heteroatoms. The van der Waals surface area contributed by atoms with Gasteiger partial charge in [-0.1, -0.05) is 115 Å². The lowest BCUT2D eigenvalue weighted by Crippen LogP contribution is -2.01. The first-order valence-corrected chi connectivity index (χ1v) is 20.4. The first kappa shape index (κ1) is 34.4. The molecule has 0 aliphatic heterocycles. The van der Waals surface area contributed by atoms with E-state index in [2.05, 4.69) is 190 Å². The second kappa shape index (κ2) is 13.5. The summed E-state index contributed by atoms with van der Waals surface area (Å²) in [6.45, 7) is 0. The highest BCUT2D eigenvalue weighted by molar-refractivity contribution is 6.26. The number of benzene rings is 9. The van der Waals surface area contributed by atoms with Crippen molar-refractivity contribution in [1.29, 1.82) is 10.5 Å². The highest BCUT2D eigenvalue weighted by Gasteiger charge is 2.22. The maximum Gasteiger partial charge on any atom is 0.0998 e. The van der Waals surface area contributed by atoms with Gasteiger partial charge < -0.3 is 13.7 Å². The van der Waals surface area contributed by atoms with Gasteiger partial charge in [0.25, 0.3) is 0 Å². The lowest BCUT2D eigenvalue weighted by Gasteiger charge is -2.17. The summed E-state index contributed by atoms with van der Waals surface area (Å²) >= 11 is 0. The van der Waals surface area contributed by atoms with Crippen LogP contribution < -0.4 is 0 Å². The Hall–Kier alpha value is -8.64. The van der Waals surface area contributed by atoms with Crippen LogP contribution in [0.2, 0.25) is 0 Å². The summed E-state index contributed by atoms with van der Waals surface area (Å²) in [5.41, 5.74) is 14.5. The van der Waals surface area contributed by atoms with E-state index in [-0.39, 0.29) is 0 Å². The SMILES string of the molecule is N#Cc1cccc(-c2ccc(C#N)c(-c3cc(-n4c5ccccc5c5ccccc54)cc(-n4c5ccccc5c5c4ccc4c6ccccc6n(-c6ccccc6)c45)c3)c2)c1. The normalized spacial score (nSPS) is 11.6. The minimum atomic E-state index is 0.571. The van der Waals surface area contributed by atoms with Crippen LogP contribution in [0.25, 0.3) is 105 Å². The predicted molar refractivity (Wildman–Crippen MR) is 250 cm³/mol. The Kier molecular flexibility index (Phi) is 7.59. The molecule has 0 fully saturated rings. The molecule has 3 aromatic heterocycles.